The minimum Gasteiger partial charge on any atom is -0.347 e. The molecule has 1 aromatic carbocycles. The summed E-state index contributed by atoms with van der Waals surface area (Å²) >= 11 is 1.47. The Morgan fingerprint density at radius 1 is 1.24 bits per heavy atom. The molecule has 1 aliphatic heterocycles. The van der Waals surface area contributed by atoms with Gasteiger partial charge in [0.25, 0.3) is 5.91 Å². The SMILES string of the molecule is Cc1cc(C(=O)NC2CNCCC2c2ccc(F)c(F)c2)sc1C.Cl. The van der Waals surface area contributed by atoms with Gasteiger partial charge in [-0.2, -0.15) is 0 Å². The van der Waals surface area contributed by atoms with Crippen LogP contribution >= 0.6 is 23.7 Å². The summed E-state index contributed by atoms with van der Waals surface area (Å²) in [6.45, 7) is 5.36. The van der Waals surface area contributed by atoms with E-state index >= 15 is 0 Å². The zero-order valence-corrected chi connectivity index (χ0v) is 15.7. The molecule has 0 bridgehead atoms. The van der Waals surface area contributed by atoms with Gasteiger partial charge in [0.2, 0.25) is 0 Å². The monoisotopic (exact) mass is 386 g/mol. The normalized spacial score (nSPS) is 20.0. The van der Waals surface area contributed by atoms with Crippen molar-refractivity contribution in [3.05, 3.63) is 56.8 Å². The molecule has 1 fully saturated rings. The van der Waals surface area contributed by atoms with Crippen LogP contribution in [0.3, 0.4) is 0 Å². The topological polar surface area (TPSA) is 41.1 Å². The molecule has 2 N–H and O–H groups in total. The first-order valence-corrected chi connectivity index (χ1v) is 8.81. The molecule has 7 heteroatoms. The predicted octanol–water partition coefficient (Wildman–Crippen LogP) is 3.94. The van der Waals surface area contributed by atoms with Gasteiger partial charge in [-0.3, -0.25) is 4.79 Å². The van der Waals surface area contributed by atoms with Gasteiger partial charge in [0.15, 0.2) is 11.6 Å². The largest absolute Gasteiger partial charge is 0.347 e. The lowest BCUT2D eigenvalue weighted by Gasteiger charge is -2.33. The second-order valence-corrected chi connectivity index (χ2v) is 7.46. The Hall–Kier alpha value is -1.50. The molecule has 0 spiro atoms. The van der Waals surface area contributed by atoms with Gasteiger partial charge in [0, 0.05) is 23.4 Å². The summed E-state index contributed by atoms with van der Waals surface area (Å²) < 4.78 is 26.7. The molecule has 1 aromatic heterocycles. The van der Waals surface area contributed by atoms with Crippen LogP contribution in [0, 0.1) is 25.5 Å². The number of carbonyl (C=O) groups excluding carboxylic acids is 1. The molecule has 0 aliphatic carbocycles. The number of carbonyl (C=O) groups is 1. The van der Waals surface area contributed by atoms with E-state index in [-0.39, 0.29) is 30.3 Å². The summed E-state index contributed by atoms with van der Waals surface area (Å²) in [5.74, 6) is -1.84. The van der Waals surface area contributed by atoms with Crippen molar-refractivity contribution in [3.8, 4) is 0 Å². The standard InChI is InChI=1S/C18H20F2N2OS.ClH/c1-10-7-17(24-11(10)2)18(23)22-16-9-21-6-5-13(16)12-3-4-14(19)15(20)8-12;/h3-4,7-8,13,16,21H,5-6,9H2,1-2H3,(H,22,23);1H. The fourth-order valence-corrected chi connectivity index (χ4v) is 4.01. The van der Waals surface area contributed by atoms with Crippen molar-refractivity contribution in [2.45, 2.75) is 32.2 Å². The second kappa shape index (κ2) is 8.25. The Kier molecular flexibility index (Phi) is 6.54. The van der Waals surface area contributed by atoms with Gasteiger partial charge in [-0.05, 0) is 56.1 Å². The first kappa shape index (κ1) is 19.8. The van der Waals surface area contributed by atoms with E-state index < -0.39 is 11.6 Å². The summed E-state index contributed by atoms with van der Waals surface area (Å²) in [5, 5.41) is 6.31. The summed E-state index contributed by atoms with van der Waals surface area (Å²) in [4.78, 5) is 14.3. The van der Waals surface area contributed by atoms with Crippen LogP contribution in [0.1, 0.15) is 38.0 Å². The molecule has 2 aromatic rings. The molecule has 136 valence electrons. The van der Waals surface area contributed by atoms with Gasteiger partial charge >= 0.3 is 0 Å². The van der Waals surface area contributed by atoms with E-state index in [0.29, 0.717) is 11.4 Å². The first-order chi connectivity index (χ1) is 11.5. The maximum atomic E-state index is 13.6. The predicted molar refractivity (Wildman–Crippen MR) is 98.9 cm³/mol. The van der Waals surface area contributed by atoms with E-state index in [1.165, 1.54) is 17.4 Å². The Balaban J connectivity index is 0.00000225. The number of piperidine rings is 1. The minimum absolute atomic E-state index is 0. The highest BCUT2D eigenvalue weighted by Crippen LogP contribution is 2.28. The van der Waals surface area contributed by atoms with Crippen LogP contribution in [0.15, 0.2) is 24.3 Å². The van der Waals surface area contributed by atoms with Crippen molar-refractivity contribution in [3.63, 3.8) is 0 Å². The van der Waals surface area contributed by atoms with E-state index in [9.17, 15) is 13.6 Å². The van der Waals surface area contributed by atoms with Gasteiger partial charge in [-0.15, -0.1) is 23.7 Å². The third-order valence-corrected chi connectivity index (χ3v) is 5.71. The van der Waals surface area contributed by atoms with E-state index in [1.807, 2.05) is 19.9 Å². The van der Waals surface area contributed by atoms with Gasteiger partial charge in [-0.25, -0.2) is 8.78 Å². The van der Waals surface area contributed by atoms with Crippen molar-refractivity contribution in [1.82, 2.24) is 10.6 Å². The van der Waals surface area contributed by atoms with Crippen LogP contribution in [-0.4, -0.2) is 25.0 Å². The third-order valence-electron chi connectivity index (χ3n) is 4.56. The van der Waals surface area contributed by atoms with Gasteiger partial charge < -0.3 is 10.6 Å². The minimum atomic E-state index is -0.849. The van der Waals surface area contributed by atoms with Gasteiger partial charge in [-0.1, -0.05) is 6.07 Å². The van der Waals surface area contributed by atoms with Crippen LogP contribution in [-0.2, 0) is 0 Å². The number of nitrogens with one attached hydrogen (secondary N) is 2. The van der Waals surface area contributed by atoms with Gasteiger partial charge in [0.1, 0.15) is 0 Å². The number of hydrogen-bond donors (Lipinski definition) is 2. The van der Waals surface area contributed by atoms with E-state index in [2.05, 4.69) is 10.6 Å². The van der Waals surface area contributed by atoms with Crippen LogP contribution in [0.4, 0.5) is 8.78 Å². The summed E-state index contributed by atoms with van der Waals surface area (Å²) in [6, 6.07) is 5.73. The van der Waals surface area contributed by atoms with E-state index in [0.717, 1.165) is 35.0 Å². The number of halogens is 3. The molecule has 2 unspecified atom stereocenters. The lowest BCUT2D eigenvalue weighted by Crippen LogP contribution is -2.49. The molecule has 2 atom stereocenters. The Morgan fingerprint density at radius 3 is 2.64 bits per heavy atom. The molecule has 3 rings (SSSR count). The Bertz CT molecular complexity index is 746. The number of hydrogen-bond acceptors (Lipinski definition) is 3. The van der Waals surface area contributed by atoms with Crippen LogP contribution < -0.4 is 10.6 Å². The lowest BCUT2D eigenvalue weighted by atomic mass is 9.86. The highest BCUT2D eigenvalue weighted by atomic mass is 35.5. The second-order valence-electron chi connectivity index (χ2n) is 6.20. The molecular weight excluding hydrogens is 366 g/mol. The zero-order chi connectivity index (χ0) is 17.3. The maximum Gasteiger partial charge on any atom is 0.261 e. The molecular formula is C18H21ClF2N2OS. The molecule has 1 aliphatic rings. The van der Waals surface area contributed by atoms with E-state index in [1.54, 1.807) is 6.07 Å². The number of benzene rings is 1. The molecule has 3 nitrogen and oxygen atoms in total. The Labute approximate surface area is 156 Å². The quantitative estimate of drug-likeness (QED) is 0.838. The number of amides is 1. The van der Waals surface area contributed by atoms with Crippen molar-refractivity contribution >= 4 is 29.7 Å². The van der Waals surface area contributed by atoms with Crippen molar-refractivity contribution < 1.29 is 13.6 Å². The molecule has 1 amide bonds. The van der Waals surface area contributed by atoms with Crippen molar-refractivity contribution in [2.75, 3.05) is 13.1 Å². The lowest BCUT2D eigenvalue weighted by molar-refractivity contribution is 0.0928. The molecule has 1 saturated heterocycles. The summed E-state index contributed by atoms with van der Waals surface area (Å²) in [6.07, 6.45) is 0.762. The van der Waals surface area contributed by atoms with Crippen LogP contribution in [0.2, 0.25) is 0 Å². The zero-order valence-electron chi connectivity index (χ0n) is 14.1. The molecule has 0 saturated carbocycles. The average molecular weight is 387 g/mol. The smallest absolute Gasteiger partial charge is 0.261 e. The summed E-state index contributed by atoms with van der Waals surface area (Å²) in [7, 11) is 0. The van der Waals surface area contributed by atoms with Crippen LogP contribution in [0.25, 0.3) is 0 Å². The highest BCUT2D eigenvalue weighted by molar-refractivity contribution is 7.14. The average Bonchev–Trinajstić information content (AvgIpc) is 2.90. The molecule has 25 heavy (non-hydrogen) atoms. The maximum absolute atomic E-state index is 13.6. The molecule has 2 heterocycles. The summed E-state index contributed by atoms with van der Waals surface area (Å²) in [5.41, 5.74) is 1.82. The number of rotatable bonds is 3. The first-order valence-electron chi connectivity index (χ1n) is 7.99. The molecule has 0 radical (unpaired) electrons. The Morgan fingerprint density at radius 2 is 2.00 bits per heavy atom. The number of aryl methyl sites for hydroxylation is 2. The van der Waals surface area contributed by atoms with E-state index in [4.69, 9.17) is 0 Å². The number of thiophene rings is 1. The van der Waals surface area contributed by atoms with Crippen molar-refractivity contribution in [2.24, 2.45) is 0 Å². The fraction of sp³-hybridized carbons (Fsp3) is 0.389. The van der Waals surface area contributed by atoms with Crippen molar-refractivity contribution in [1.29, 1.82) is 0 Å². The fourth-order valence-electron chi connectivity index (χ4n) is 3.08. The third kappa shape index (κ3) is 4.37. The van der Waals surface area contributed by atoms with Gasteiger partial charge in [0.05, 0.1) is 4.88 Å². The van der Waals surface area contributed by atoms with Crippen LogP contribution in [0.5, 0.6) is 0 Å². The highest BCUT2D eigenvalue weighted by Gasteiger charge is 2.29.